The van der Waals surface area contributed by atoms with Gasteiger partial charge in [-0.3, -0.25) is 4.90 Å². The standard InChI is InChI=1S/C19H22N6/c1-15-3-5-16(6-4-15)18-22-13-17(23-18)14-24-9-11-25(12-10-24)19-20-7-2-8-21-19/h2-8,13H,9-12,14H2,1H3,(H,22,23). The summed E-state index contributed by atoms with van der Waals surface area (Å²) in [5.41, 5.74) is 3.54. The number of piperazine rings is 1. The van der Waals surface area contributed by atoms with Crippen molar-refractivity contribution in [2.24, 2.45) is 0 Å². The third kappa shape index (κ3) is 3.69. The summed E-state index contributed by atoms with van der Waals surface area (Å²) in [6.07, 6.45) is 5.54. The SMILES string of the molecule is Cc1ccc(-c2ncc(CN3CCN(c4ncccn4)CC3)[nH]2)cc1. The molecule has 25 heavy (non-hydrogen) atoms. The lowest BCUT2D eigenvalue weighted by atomic mass is 10.1. The average Bonchev–Trinajstić information content (AvgIpc) is 3.12. The van der Waals surface area contributed by atoms with Crippen molar-refractivity contribution in [3.8, 4) is 11.4 Å². The highest BCUT2D eigenvalue weighted by Gasteiger charge is 2.19. The van der Waals surface area contributed by atoms with Gasteiger partial charge in [0.25, 0.3) is 0 Å². The zero-order valence-corrected chi connectivity index (χ0v) is 14.4. The number of aromatic amines is 1. The molecule has 2 aromatic heterocycles. The molecule has 1 aromatic carbocycles. The van der Waals surface area contributed by atoms with E-state index in [1.54, 1.807) is 12.4 Å². The van der Waals surface area contributed by atoms with Gasteiger partial charge in [0.1, 0.15) is 5.82 Å². The molecule has 4 rings (SSSR count). The average molecular weight is 334 g/mol. The van der Waals surface area contributed by atoms with E-state index in [1.165, 1.54) is 5.56 Å². The zero-order valence-electron chi connectivity index (χ0n) is 14.4. The smallest absolute Gasteiger partial charge is 0.225 e. The van der Waals surface area contributed by atoms with E-state index in [2.05, 4.69) is 60.9 Å². The molecule has 0 saturated carbocycles. The number of benzene rings is 1. The van der Waals surface area contributed by atoms with Crippen molar-refractivity contribution >= 4 is 5.95 Å². The quantitative estimate of drug-likeness (QED) is 0.794. The third-order valence-electron chi connectivity index (χ3n) is 4.55. The Kier molecular flexibility index (Phi) is 4.43. The highest BCUT2D eigenvalue weighted by atomic mass is 15.3. The molecule has 0 amide bonds. The minimum absolute atomic E-state index is 0.824. The van der Waals surface area contributed by atoms with Gasteiger partial charge in [0.05, 0.1) is 0 Å². The van der Waals surface area contributed by atoms with Gasteiger partial charge in [0.2, 0.25) is 5.95 Å². The van der Waals surface area contributed by atoms with Crippen molar-refractivity contribution in [2.75, 3.05) is 31.1 Å². The molecule has 1 aliphatic heterocycles. The van der Waals surface area contributed by atoms with Crippen LogP contribution in [0.1, 0.15) is 11.3 Å². The topological polar surface area (TPSA) is 60.9 Å². The summed E-state index contributed by atoms with van der Waals surface area (Å²) in [6.45, 7) is 6.88. The number of hydrogen-bond donors (Lipinski definition) is 1. The molecule has 0 spiro atoms. The molecule has 1 saturated heterocycles. The number of imidazole rings is 1. The maximum atomic E-state index is 4.53. The van der Waals surface area contributed by atoms with Crippen molar-refractivity contribution in [1.82, 2.24) is 24.8 Å². The lowest BCUT2D eigenvalue weighted by Gasteiger charge is -2.34. The molecule has 0 unspecified atom stereocenters. The molecule has 3 heterocycles. The molecule has 1 fully saturated rings. The van der Waals surface area contributed by atoms with E-state index in [0.29, 0.717) is 0 Å². The van der Waals surface area contributed by atoms with Gasteiger partial charge in [-0.1, -0.05) is 29.8 Å². The van der Waals surface area contributed by atoms with Crippen molar-refractivity contribution in [3.05, 3.63) is 60.2 Å². The molecular weight excluding hydrogens is 312 g/mol. The molecule has 0 bridgehead atoms. The molecular formula is C19H22N6. The van der Waals surface area contributed by atoms with Crippen LogP contribution in [0.25, 0.3) is 11.4 Å². The maximum absolute atomic E-state index is 4.53. The first kappa shape index (κ1) is 15.8. The molecule has 1 aliphatic rings. The number of H-pyrrole nitrogens is 1. The number of nitrogens with zero attached hydrogens (tertiary/aromatic N) is 5. The Morgan fingerprint density at radius 1 is 0.960 bits per heavy atom. The van der Waals surface area contributed by atoms with E-state index in [4.69, 9.17) is 0 Å². The van der Waals surface area contributed by atoms with Crippen molar-refractivity contribution in [3.63, 3.8) is 0 Å². The lowest BCUT2D eigenvalue weighted by molar-refractivity contribution is 0.246. The minimum Gasteiger partial charge on any atom is -0.341 e. The molecule has 0 radical (unpaired) electrons. The monoisotopic (exact) mass is 334 g/mol. The van der Waals surface area contributed by atoms with Crippen LogP contribution in [-0.2, 0) is 6.54 Å². The van der Waals surface area contributed by atoms with Crippen molar-refractivity contribution in [1.29, 1.82) is 0 Å². The molecule has 0 aliphatic carbocycles. The predicted molar refractivity (Wildman–Crippen MR) is 98.3 cm³/mol. The normalized spacial score (nSPS) is 15.5. The molecule has 0 atom stereocenters. The van der Waals surface area contributed by atoms with Gasteiger partial charge >= 0.3 is 0 Å². The highest BCUT2D eigenvalue weighted by Crippen LogP contribution is 2.17. The van der Waals surface area contributed by atoms with Gasteiger partial charge in [-0.2, -0.15) is 0 Å². The van der Waals surface area contributed by atoms with Crippen LogP contribution < -0.4 is 4.90 Å². The molecule has 3 aromatic rings. The van der Waals surface area contributed by atoms with Crippen LogP contribution in [0.4, 0.5) is 5.95 Å². The highest BCUT2D eigenvalue weighted by molar-refractivity contribution is 5.55. The second kappa shape index (κ2) is 7.03. The van der Waals surface area contributed by atoms with Gasteiger partial charge in [-0.05, 0) is 13.0 Å². The lowest BCUT2D eigenvalue weighted by Crippen LogP contribution is -2.46. The van der Waals surface area contributed by atoms with E-state index < -0.39 is 0 Å². The summed E-state index contributed by atoms with van der Waals surface area (Å²) in [7, 11) is 0. The summed E-state index contributed by atoms with van der Waals surface area (Å²) in [5, 5.41) is 0. The maximum Gasteiger partial charge on any atom is 0.225 e. The Hall–Kier alpha value is -2.73. The van der Waals surface area contributed by atoms with Crippen LogP contribution in [0.2, 0.25) is 0 Å². The number of aryl methyl sites for hydroxylation is 1. The van der Waals surface area contributed by atoms with Crippen molar-refractivity contribution in [2.45, 2.75) is 13.5 Å². The molecule has 6 nitrogen and oxygen atoms in total. The van der Waals surface area contributed by atoms with Crippen LogP contribution in [0.15, 0.2) is 48.9 Å². The fraction of sp³-hybridized carbons (Fsp3) is 0.316. The van der Waals surface area contributed by atoms with Crippen LogP contribution >= 0.6 is 0 Å². The summed E-state index contributed by atoms with van der Waals surface area (Å²) < 4.78 is 0. The second-order valence-corrected chi connectivity index (χ2v) is 6.44. The van der Waals surface area contributed by atoms with Gasteiger partial charge in [-0.25, -0.2) is 15.0 Å². The van der Waals surface area contributed by atoms with E-state index in [9.17, 15) is 0 Å². The third-order valence-corrected chi connectivity index (χ3v) is 4.55. The van der Waals surface area contributed by atoms with Crippen molar-refractivity contribution < 1.29 is 0 Å². The van der Waals surface area contributed by atoms with Gasteiger partial charge in [-0.15, -0.1) is 0 Å². The first-order valence-corrected chi connectivity index (χ1v) is 8.63. The fourth-order valence-corrected chi connectivity index (χ4v) is 3.10. The Balaban J connectivity index is 1.35. The van der Waals surface area contributed by atoms with E-state index >= 15 is 0 Å². The number of hydrogen-bond acceptors (Lipinski definition) is 5. The number of rotatable bonds is 4. The Morgan fingerprint density at radius 3 is 2.40 bits per heavy atom. The molecule has 1 N–H and O–H groups in total. The van der Waals surface area contributed by atoms with Gasteiger partial charge < -0.3 is 9.88 Å². The van der Waals surface area contributed by atoms with Gasteiger partial charge in [0, 0.05) is 62.6 Å². The number of anilines is 1. The van der Waals surface area contributed by atoms with Crippen LogP contribution in [-0.4, -0.2) is 51.0 Å². The largest absolute Gasteiger partial charge is 0.341 e. The van der Waals surface area contributed by atoms with E-state index in [-0.39, 0.29) is 0 Å². The van der Waals surface area contributed by atoms with Crippen LogP contribution in [0.5, 0.6) is 0 Å². The first-order valence-electron chi connectivity index (χ1n) is 8.63. The number of aromatic nitrogens is 4. The zero-order chi connectivity index (χ0) is 17.1. The van der Waals surface area contributed by atoms with E-state index in [0.717, 1.165) is 55.8 Å². The Labute approximate surface area is 147 Å². The summed E-state index contributed by atoms with van der Waals surface area (Å²) in [6, 6.07) is 10.3. The Morgan fingerprint density at radius 2 is 1.68 bits per heavy atom. The van der Waals surface area contributed by atoms with Crippen LogP contribution in [0.3, 0.4) is 0 Å². The second-order valence-electron chi connectivity index (χ2n) is 6.44. The van der Waals surface area contributed by atoms with E-state index in [1.807, 2.05) is 12.3 Å². The summed E-state index contributed by atoms with van der Waals surface area (Å²) in [5.74, 6) is 1.76. The number of nitrogens with one attached hydrogen (secondary N) is 1. The molecule has 6 heteroatoms. The predicted octanol–water partition coefficient (Wildman–Crippen LogP) is 2.50. The fourth-order valence-electron chi connectivity index (χ4n) is 3.10. The Bertz CT molecular complexity index is 803. The van der Waals surface area contributed by atoms with Crippen LogP contribution in [0, 0.1) is 6.92 Å². The minimum atomic E-state index is 0.824. The summed E-state index contributed by atoms with van der Waals surface area (Å²) in [4.78, 5) is 21.3. The summed E-state index contributed by atoms with van der Waals surface area (Å²) >= 11 is 0. The van der Waals surface area contributed by atoms with Gasteiger partial charge in [0.15, 0.2) is 0 Å². The molecule has 128 valence electrons. The first-order chi connectivity index (χ1) is 12.3.